The Morgan fingerprint density at radius 3 is 1.44 bits per heavy atom. The zero-order chi connectivity index (χ0) is 57.3. The summed E-state index contributed by atoms with van der Waals surface area (Å²) in [7, 11) is 16.8. The number of aromatic nitrogens is 3. The van der Waals surface area contributed by atoms with Crippen LogP contribution in [0.5, 0.6) is 0 Å². The summed E-state index contributed by atoms with van der Waals surface area (Å²) in [5.41, 5.74) is 7.57. The summed E-state index contributed by atoms with van der Waals surface area (Å²) >= 11 is 0. The molecule has 6 amide bonds. The number of azide groups is 1. The number of amides is 6. The maximum Gasteiger partial charge on any atom is 0.325 e. The number of urea groups is 2. The highest BCUT2D eigenvalue weighted by Crippen LogP contribution is 2.19. The SMILES string of the molecule is C.C.C#CC#CC#CC#CC#CC#C[N+](C)(C)CCN=[N+]=[N-].C#CC[N+](C)(C)CCCN1C(=O)NC(C)(C)C1=O.CCCCCCCCCCCC[N+](C)(C)CCn1cc(C[N+](C)(C)CCCN2C(=O)NC(C)(C)C2=O)nn1.[Br-].[Br-].[Br-].[Br-]. The van der Waals surface area contributed by atoms with Gasteiger partial charge in [-0.05, 0) is 81.6 Å². The highest BCUT2D eigenvalue weighted by molar-refractivity contribution is 6.07. The predicted octanol–water partition coefficient (Wildman–Crippen LogP) is -4.74. The summed E-state index contributed by atoms with van der Waals surface area (Å²) in [6, 6.07) is 2.33. The van der Waals surface area contributed by atoms with E-state index >= 15 is 0 Å². The smallest absolute Gasteiger partial charge is 0.325 e. The van der Waals surface area contributed by atoms with Gasteiger partial charge < -0.3 is 92.0 Å². The Hall–Kier alpha value is -4.99. The van der Waals surface area contributed by atoms with Gasteiger partial charge in [0.1, 0.15) is 29.9 Å². The van der Waals surface area contributed by atoms with E-state index in [1.807, 2.05) is 32.9 Å². The normalized spacial score (nSPS) is 13.2. The Morgan fingerprint density at radius 2 is 1.01 bits per heavy atom. The number of imide groups is 2. The number of likely N-dealkylation sites (N-methyl/N-ethyl adjacent to an activating group) is 2. The fraction of sp³-hybridized carbons (Fsp3) is 0.667. The van der Waals surface area contributed by atoms with Crippen molar-refractivity contribution < 1.29 is 105 Å². The van der Waals surface area contributed by atoms with Gasteiger partial charge in [0, 0.05) is 54.5 Å². The van der Waals surface area contributed by atoms with E-state index < -0.39 is 11.1 Å². The third kappa shape index (κ3) is 38.7. The van der Waals surface area contributed by atoms with E-state index in [4.69, 9.17) is 18.4 Å². The Kier molecular flexibility index (Phi) is 48.9. The van der Waals surface area contributed by atoms with E-state index in [0.29, 0.717) is 41.7 Å². The fourth-order valence-electron chi connectivity index (χ4n) is 8.06. The van der Waals surface area contributed by atoms with Crippen molar-refractivity contribution in [3.8, 4) is 84.0 Å². The fourth-order valence-corrected chi connectivity index (χ4v) is 8.06. The molecule has 0 spiro atoms. The van der Waals surface area contributed by atoms with Gasteiger partial charge in [0.25, 0.3) is 11.8 Å². The number of carbonyl (C=O) groups is 4. The van der Waals surface area contributed by atoms with Gasteiger partial charge in [-0.3, -0.25) is 23.9 Å². The topological polar surface area (TPSA) is 178 Å². The van der Waals surface area contributed by atoms with Crippen molar-refractivity contribution in [3.63, 3.8) is 0 Å². The van der Waals surface area contributed by atoms with Crippen LogP contribution in [0.15, 0.2) is 11.3 Å². The van der Waals surface area contributed by atoms with Gasteiger partial charge in [-0.2, -0.15) is 0 Å². The molecule has 1 aromatic heterocycles. The average Bonchev–Trinajstić information content (AvgIpc) is 3.92. The third-order valence-electron chi connectivity index (χ3n) is 12.7. The minimum Gasteiger partial charge on any atom is -1.00 e. The Morgan fingerprint density at radius 1 is 0.585 bits per heavy atom. The lowest BCUT2D eigenvalue weighted by atomic mass is 10.1. The van der Waals surface area contributed by atoms with Crippen molar-refractivity contribution in [1.29, 1.82) is 0 Å². The van der Waals surface area contributed by atoms with Crippen LogP contribution >= 0.6 is 0 Å². The predicted molar refractivity (Wildman–Crippen MR) is 315 cm³/mol. The van der Waals surface area contributed by atoms with Gasteiger partial charge in [-0.1, -0.05) is 83.5 Å². The molecular weight excluding hydrogens is 1300 g/mol. The number of halogens is 4. The first-order valence-electron chi connectivity index (χ1n) is 26.6. The molecule has 2 saturated heterocycles. The Balaban J connectivity index is -0.000000280. The van der Waals surface area contributed by atoms with Gasteiger partial charge in [0.15, 0.2) is 6.04 Å². The molecule has 0 unspecified atom stereocenters. The van der Waals surface area contributed by atoms with Crippen LogP contribution in [0.4, 0.5) is 9.59 Å². The molecule has 2 fully saturated rings. The lowest BCUT2D eigenvalue weighted by Gasteiger charge is -2.30. The van der Waals surface area contributed by atoms with Crippen molar-refractivity contribution in [2.24, 2.45) is 5.11 Å². The molecule has 22 heteroatoms. The van der Waals surface area contributed by atoms with Gasteiger partial charge in [-0.15, -0.1) is 17.9 Å². The molecule has 0 atom stereocenters. The first kappa shape index (κ1) is 88.2. The number of hydrogen-bond acceptors (Lipinski definition) is 7. The van der Waals surface area contributed by atoms with Crippen molar-refractivity contribution >= 4 is 23.9 Å². The van der Waals surface area contributed by atoms with Crippen molar-refractivity contribution in [3.05, 3.63) is 22.3 Å². The molecule has 0 aliphatic carbocycles. The number of nitrogens with one attached hydrogen (secondary N) is 2. The summed E-state index contributed by atoms with van der Waals surface area (Å²) in [5.74, 6) is 27.0. The average molecular weight is 1400 g/mol. The van der Waals surface area contributed by atoms with Crippen molar-refractivity contribution in [2.75, 3.05) is 115 Å². The summed E-state index contributed by atoms with van der Waals surface area (Å²) in [4.78, 5) is 53.4. The molecule has 3 heterocycles. The second-order valence-corrected chi connectivity index (χ2v) is 22.9. The monoisotopic (exact) mass is 1390 g/mol. The van der Waals surface area contributed by atoms with Gasteiger partial charge in [0.2, 0.25) is 0 Å². The molecule has 0 bridgehead atoms. The van der Waals surface area contributed by atoms with Crippen molar-refractivity contribution in [2.45, 2.75) is 151 Å². The zero-order valence-corrected chi connectivity index (χ0v) is 56.4. The van der Waals surface area contributed by atoms with E-state index in [-0.39, 0.29) is 107 Å². The van der Waals surface area contributed by atoms with Crippen LogP contribution < -0.4 is 78.6 Å². The molecule has 2 aliphatic rings. The summed E-state index contributed by atoms with van der Waals surface area (Å²) in [6.45, 7) is 17.3. The van der Waals surface area contributed by atoms with Gasteiger partial charge in [0.05, 0.1) is 114 Å². The third-order valence-corrected chi connectivity index (χ3v) is 12.7. The largest absolute Gasteiger partial charge is 1.00 e. The number of rotatable bonds is 28. The van der Waals surface area contributed by atoms with E-state index in [2.05, 4.69) is 143 Å². The molecule has 0 aromatic carbocycles. The molecule has 0 saturated carbocycles. The molecule has 3 rings (SSSR count). The first-order valence-corrected chi connectivity index (χ1v) is 26.6. The Bertz CT molecular complexity index is 2550. The standard InChI is InChI=1S/C29H56N7O2.C16H11N4.C13H21N3O2.2CH4.4BrH/c1-8-9-10-11-12-13-14-15-16-17-21-35(4,5)23-20-33-24-26(31-32-33)25-36(6,7)22-18-19-34-27(37)29(2,3)30-28(34)38;1-4-5-6-7-8-9-10-11-12-13-15-20(2,3)16-14-18-19-17;1-6-9-16(4,5)10-7-8-15-11(17)13(2,3)14-12(15)18;;;;;;/h24H,8-23,25H2,1-7H3;1H,14,16H2,2-3H3;1H,7-10H2,2-5H3;2*1H4;4*1H/q2*+1;;;;;;;/p-2. The molecule has 82 heavy (non-hydrogen) atoms. The minimum absolute atomic E-state index is 0. The minimum atomic E-state index is -0.805. The lowest BCUT2D eigenvalue weighted by Crippen LogP contribution is -3.00. The highest BCUT2D eigenvalue weighted by atomic mass is 79.9. The van der Waals surface area contributed by atoms with Crippen LogP contribution in [0, 0.1) is 84.0 Å². The van der Waals surface area contributed by atoms with Crippen LogP contribution in [-0.2, 0) is 22.7 Å². The van der Waals surface area contributed by atoms with E-state index in [9.17, 15) is 19.2 Å². The molecule has 460 valence electrons. The van der Waals surface area contributed by atoms with E-state index in [1.54, 1.807) is 27.7 Å². The van der Waals surface area contributed by atoms with Crippen molar-refractivity contribution in [1.82, 2.24) is 35.4 Å². The van der Waals surface area contributed by atoms with Gasteiger partial charge >= 0.3 is 12.1 Å². The van der Waals surface area contributed by atoms with Crippen LogP contribution in [0.1, 0.15) is 132 Å². The van der Waals surface area contributed by atoms with Gasteiger partial charge in [-0.25, -0.2) is 14.3 Å². The molecule has 18 nitrogen and oxygen atoms in total. The maximum absolute atomic E-state index is 12.4. The van der Waals surface area contributed by atoms with E-state index in [0.717, 1.165) is 60.2 Å². The molecule has 2 N–H and O–H groups in total. The number of unbranched alkanes of at least 4 members (excludes halogenated alkanes) is 9. The number of quaternary nitrogens is 4. The zero-order valence-electron chi connectivity index (χ0n) is 50.0. The molecule has 0 radical (unpaired) electrons. The number of terminal acetylenes is 2. The summed E-state index contributed by atoms with van der Waals surface area (Å²) in [5, 5.41) is 17.7. The molecule has 1 aromatic rings. The van der Waals surface area contributed by atoms with Crippen LogP contribution in [-0.4, -0.2) is 193 Å². The number of nitrogens with zero attached hydrogens (tertiary/aromatic N) is 12. The van der Waals surface area contributed by atoms with Crippen LogP contribution in [0.25, 0.3) is 10.4 Å². The molecular formula is C60H98Br4N14O4. The first-order chi connectivity index (χ1) is 35.7. The number of carbonyl (C=O) groups excluding carboxylic acids is 4. The van der Waals surface area contributed by atoms with Crippen LogP contribution in [0.3, 0.4) is 0 Å². The maximum atomic E-state index is 12.4. The Labute approximate surface area is 538 Å². The quantitative estimate of drug-likeness (QED) is 0.0162. The second kappa shape index (κ2) is 45.4. The van der Waals surface area contributed by atoms with Crippen LogP contribution in [0.2, 0.25) is 0 Å². The number of hydrogen-bond donors (Lipinski definition) is 2. The summed E-state index contributed by atoms with van der Waals surface area (Å²) in [6.07, 6.45) is 27.5. The highest BCUT2D eigenvalue weighted by Gasteiger charge is 2.45. The lowest BCUT2D eigenvalue weighted by molar-refractivity contribution is -0.904. The summed E-state index contributed by atoms with van der Waals surface area (Å²) < 4.78 is 4.80. The second-order valence-electron chi connectivity index (χ2n) is 22.9. The molecule has 2 aliphatic heterocycles. The van der Waals surface area contributed by atoms with E-state index in [1.165, 1.54) is 80.6 Å².